The van der Waals surface area contributed by atoms with E-state index in [0.29, 0.717) is 28.3 Å². The molecule has 0 fully saturated rings. The average Bonchev–Trinajstić information content (AvgIpc) is 3.01. The monoisotopic (exact) mass is 600 g/mol. The number of hydrogen-bond acceptors (Lipinski definition) is 7. The van der Waals surface area contributed by atoms with E-state index in [-0.39, 0.29) is 23.8 Å². The Hall–Kier alpha value is -5.00. The predicted molar refractivity (Wildman–Crippen MR) is 165 cm³/mol. The van der Waals surface area contributed by atoms with E-state index in [2.05, 4.69) is 20.6 Å². The summed E-state index contributed by atoms with van der Waals surface area (Å²) in [4.78, 5) is 25.1. The molecule has 0 heterocycles. The molecule has 0 unspecified atom stereocenters. The fraction of sp³-hybridized carbons (Fsp3) is 0.156. The van der Waals surface area contributed by atoms with Gasteiger partial charge in [0.2, 0.25) is 15.9 Å². The number of ether oxygens (including phenoxy) is 2. The second-order valence-corrected chi connectivity index (χ2v) is 11.2. The highest BCUT2D eigenvalue weighted by molar-refractivity contribution is 7.89. The summed E-state index contributed by atoms with van der Waals surface area (Å²) < 4.78 is 39.7. The summed E-state index contributed by atoms with van der Waals surface area (Å²) in [6, 6.07) is 28.5. The zero-order chi connectivity index (χ0) is 30.7. The summed E-state index contributed by atoms with van der Waals surface area (Å²) in [5, 5.41) is 6.76. The Morgan fingerprint density at radius 3 is 2.21 bits per heavy atom. The third-order valence-electron chi connectivity index (χ3n) is 6.23. The van der Waals surface area contributed by atoms with Gasteiger partial charge >= 0.3 is 0 Å². The van der Waals surface area contributed by atoms with Crippen molar-refractivity contribution in [3.05, 3.63) is 120 Å². The van der Waals surface area contributed by atoms with E-state index in [1.165, 1.54) is 25.5 Å². The topological polar surface area (TPSA) is 135 Å². The van der Waals surface area contributed by atoms with E-state index in [4.69, 9.17) is 9.47 Å². The van der Waals surface area contributed by atoms with Gasteiger partial charge in [-0.15, -0.1) is 0 Å². The number of para-hydroxylation sites is 1. The number of carbonyl (C=O) groups excluding carboxylic acids is 2. The predicted octanol–water partition coefficient (Wildman–Crippen LogP) is 4.58. The summed E-state index contributed by atoms with van der Waals surface area (Å²) in [6.07, 6.45) is 1.23. The molecule has 0 spiro atoms. The van der Waals surface area contributed by atoms with E-state index < -0.39 is 22.0 Å². The first-order valence-corrected chi connectivity index (χ1v) is 14.8. The lowest BCUT2D eigenvalue weighted by molar-refractivity contribution is -0.121. The number of aryl methyl sites for hydroxylation is 1. The minimum atomic E-state index is -3.89. The molecule has 4 aromatic rings. The first kappa shape index (κ1) is 30.9. The molecule has 3 N–H and O–H groups in total. The van der Waals surface area contributed by atoms with Crippen LogP contribution in [0.15, 0.2) is 113 Å². The molecule has 0 aliphatic rings. The number of hydrazone groups is 1. The van der Waals surface area contributed by atoms with Crippen molar-refractivity contribution in [1.82, 2.24) is 10.1 Å². The van der Waals surface area contributed by atoms with Crippen LogP contribution in [0.4, 0.5) is 5.69 Å². The number of sulfonamides is 1. The maximum Gasteiger partial charge on any atom is 0.262 e. The van der Waals surface area contributed by atoms with Crippen LogP contribution < -0.4 is 24.9 Å². The van der Waals surface area contributed by atoms with Crippen LogP contribution in [0.2, 0.25) is 0 Å². The summed E-state index contributed by atoms with van der Waals surface area (Å²) >= 11 is 0. The minimum absolute atomic E-state index is 0.107. The van der Waals surface area contributed by atoms with Crippen LogP contribution >= 0.6 is 0 Å². The normalized spacial score (nSPS) is 12.0. The molecule has 222 valence electrons. The molecule has 0 aliphatic carbocycles. The summed E-state index contributed by atoms with van der Waals surface area (Å²) in [5.41, 5.74) is 5.27. The number of carbonyl (C=O) groups is 2. The van der Waals surface area contributed by atoms with Gasteiger partial charge in [0.15, 0.2) is 18.1 Å². The lowest BCUT2D eigenvalue weighted by Crippen LogP contribution is -2.32. The Morgan fingerprint density at radius 2 is 1.53 bits per heavy atom. The first-order chi connectivity index (χ1) is 20.7. The van der Waals surface area contributed by atoms with Gasteiger partial charge in [0.25, 0.3) is 5.91 Å². The molecule has 0 aliphatic heterocycles. The van der Waals surface area contributed by atoms with Crippen LogP contribution in [-0.2, 0) is 19.6 Å². The Labute approximate surface area is 250 Å². The molecular weight excluding hydrogens is 568 g/mol. The lowest BCUT2D eigenvalue weighted by atomic mass is 10.0. The first-order valence-electron chi connectivity index (χ1n) is 13.3. The highest BCUT2D eigenvalue weighted by Crippen LogP contribution is 2.27. The van der Waals surface area contributed by atoms with Gasteiger partial charge in [-0.25, -0.2) is 18.6 Å². The van der Waals surface area contributed by atoms with Gasteiger partial charge in [-0.05, 0) is 60.5 Å². The molecule has 2 amide bonds. The number of hydrogen-bond donors (Lipinski definition) is 3. The summed E-state index contributed by atoms with van der Waals surface area (Å²) in [5.74, 6) is -0.0828. The van der Waals surface area contributed by atoms with Gasteiger partial charge in [-0.1, -0.05) is 66.2 Å². The van der Waals surface area contributed by atoms with E-state index in [0.717, 1.165) is 5.56 Å². The van der Waals surface area contributed by atoms with Crippen LogP contribution in [-0.4, -0.2) is 40.2 Å². The summed E-state index contributed by atoms with van der Waals surface area (Å²) in [7, 11) is -2.42. The Bertz CT molecular complexity index is 1660. The maximum atomic E-state index is 13.0. The number of amides is 2. The summed E-state index contributed by atoms with van der Waals surface area (Å²) in [6.45, 7) is 1.65. The molecule has 4 aromatic carbocycles. The zero-order valence-electron chi connectivity index (χ0n) is 23.7. The molecule has 4 rings (SSSR count). The molecule has 0 saturated heterocycles. The van der Waals surface area contributed by atoms with Crippen molar-refractivity contribution in [1.29, 1.82) is 0 Å². The molecule has 0 aromatic heterocycles. The fourth-order valence-corrected chi connectivity index (χ4v) is 5.27. The molecule has 0 radical (unpaired) electrons. The number of benzene rings is 4. The molecule has 0 saturated carbocycles. The molecule has 1 atom stereocenters. The van der Waals surface area contributed by atoms with Crippen LogP contribution in [0, 0.1) is 6.92 Å². The number of anilines is 1. The van der Waals surface area contributed by atoms with Crippen molar-refractivity contribution in [2.45, 2.75) is 24.3 Å². The standard InChI is InChI=1S/C32H32N4O6S/c1-23-13-16-27(17-14-23)43(39,40)36-28(25-9-5-3-6-10-25)20-31(37)35-33-21-24-15-18-29(30(19-24)41-2)42-22-32(38)34-26-11-7-4-8-12-26/h3-19,21,28,36H,20,22H2,1-2H3,(H,34,38)(H,35,37)/b33-21-/t28-/m0/s1. The van der Waals surface area contributed by atoms with E-state index in [9.17, 15) is 18.0 Å². The lowest BCUT2D eigenvalue weighted by Gasteiger charge is -2.18. The van der Waals surface area contributed by atoms with Crippen molar-refractivity contribution in [2.24, 2.45) is 5.10 Å². The average molecular weight is 601 g/mol. The molecular formula is C32H32N4O6S. The van der Waals surface area contributed by atoms with E-state index in [1.54, 1.807) is 66.7 Å². The van der Waals surface area contributed by atoms with Gasteiger partial charge in [-0.3, -0.25) is 9.59 Å². The largest absolute Gasteiger partial charge is 0.493 e. The van der Waals surface area contributed by atoms with Crippen molar-refractivity contribution in [3.8, 4) is 11.5 Å². The van der Waals surface area contributed by atoms with Crippen molar-refractivity contribution in [2.75, 3.05) is 19.0 Å². The van der Waals surface area contributed by atoms with Gasteiger partial charge < -0.3 is 14.8 Å². The maximum absolute atomic E-state index is 13.0. The number of methoxy groups -OCH3 is 1. The van der Waals surface area contributed by atoms with Crippen molar-refractivity contribution < 1.29 is 27.5 Å². The van der Waals surface area contributed by atoms with Gasteiger partial charge in [-0.2, -0.15) is 5.10 Å². The third kappa shape index (κ3) is 9.25. The number of nitrogens with zero attached hydrogens (tertiary/aromatic N) is 1. The minimum Gasteiger partial charge on any atom is -0.493 e. The fourth-order valence-electron chi connectivity index (χ4n) is 4.04. The smallest absolute Gasteiger partial charge is 0.262 e. The molecule has 11 heteroatoms. The Balaban J connectivity index is 1.36. The second-order valence-electron chi connectivity index (χ2n) is 9.51. The van der Waals surface area contributed by atoms with Crippen LogP contribution in [0.25, 0.3) is 0 Å². The Morgan fingerprint density at radius 1 is 0.860 bits per heavy atom. The van der Waals surface area contributed by atoms with Crippen molar-refractivity contribution >= 4 is 33.7 Å². The van der Waals surface area contributed by atoms with Crippen LogP contribution in [0.5, 0.6) is 11.5 Å². The highest BCUT2D eigenvalue weighted by atomic mass is 32.2. The molecule has 43 heavy (non-hydrogen) atoms. The third-order valence-corrected chi connectivity index (χ3v) is 7.71. The zero-order valence-corrected chi connectivity index (χ0v) is 24.5. The van der Waals surface area contributed by atoms with Gasteiger partial charge in [0.1, 0.15) is 0 Å². The highest BCUT2D eigenvalue weighted by Gasteiger charge is 2.23. The molecule has 0 bridgehead atoms. The number of rotatable bonds is 13. The Kier molecular flexibility index (Phi) is 10.6. The van der Waals surface area contributed by atoms with Crippen LogP contribution in [0.1, 0.15) is 29.2 Å². The van der Waals surface area contributed by atoms with E-state index in [1.807, 2.05) is 31.2 Å². The van der Waals surface area contributed by atoms with Gasteiger partial charge in [0, 0.05) is 12.1 Å². The van der Waals surface area contributed by atoms with Crippen molar-refractivity contribution in [3.63, 3.8) is 0 Å². The van der Waals surface area contributed by atoms with Gasteiger partial charge in [0.05, 0.1) is 24.3 Å². The van der Waals surface area contributed by atoms with Crippen LogP contribution in [0.3, 0.4) is 0 Å². The SMILES string of the molecule is COc1cc(/C=N\NC(=O)C[C@H](NS(=O)(=O)c2ccc(C)cc2)c2ccccc2)ccc1OCC(=O)Nc1ccccc1. The number of nitrogens with one attached hydrogen (secondary N) is 3. The molecule has 10 nitrogen and oxygen atoms in total. The quantitative estimate of drug-likeness (QED) is 0.152. The second kappa shape index (κ2) is 14.8. The van der Waals surface area contributed by atoms with E-state index >= 15 is 0 Å².